The molecule has 0 atom stereocenters. The molecule has 1 aliphatic rings. The Labute approximate surface area is 110 Å². The minimum absolute atomic E-state index is 0.734. The van der Waals surface area contributed by atoms with Crippen LogP contribution in [0.4, 0.5) is 5.69 Å². The van der Waals surface area contributed by atoms with E-state index in [0.29, 0.717) is 0 Å². The molecule has 1 aromatic carbocycles. The van der Waals surface area contributed by atoms with Crippen LogP contribution in [0.1, 0.15) is 0 Å². The Morgan fingerprint density at radius 3 is 2.25 bits per heavy atom. The van der Waals surface area contributed by atoms with Crippen molar-refractivity contribution in [3.05, 3.63) is 28.7 Å². The largest absolute Gasteiger partial charge is 0.369 e. The summed E-state index contributed by atoms with van der Waals surface area (Å²) in [5.74, 6) is 0.734. The van der Waals surface area contributed by atoms with Gasteiger partial charge >= 0.3 is 0 Å². The van der Waals surface area contributed by atoms with E-state index in [2.05, 4.69) is 50.0 Å². The highest BCUT2D eigenvalue weighted by atomic mass is 79.9. The number of nitrogens with zero attached hydrogens (tertiary/aromatic N) is 2. The fourth-order valence-electron chi connectivity index (χ4n) is 2.00. The van der Waals surface area contributed by atoms with Gasteiger partial charge in [0.25, 0.3) is 0 Å². The number of hydrogen-bond acceptors (Lipinski definition) is 2. The maximum Gasteiger partial charge on any atom is 0.0367 e. The van der Waals surface area contributed by atoms with Crippen LogP contribution in [0.3, 0.4) is 0 Å². The molecule has 0 aliphatic carbocycles. The van der Waals surface area contributed by atoms with Crippen molar-refractivity contribution in [3.8, 4) is 0 Å². The van der Waals surface area contributed by atoms with Gasteiger partial charge < -0.3 is 4.90 Å². The average molecular weight is 304 g/mol. The molecule has 1 heterocycles. The van der Waals surface area contributed by atoms with Gasteiger partial charge in [0.05, 0.1) is 0 Å². The van der Waals surface area contributed by atoms with E-state index < -0.39 is 0 Å². The molecule has 16 heavy (non-hydrogen) atoms. The smallest absolute Gasteiger partial charge is 0.0367 e. The van der Waals surface area contributed by atoms with Crippen molar-refractivity contribution in [1.29, 1.82) is 0 Å². The van der Waals surface area contributed by atoms with Crippen LogP contribution in [0.25, 0.3) is 0 Å². The minimum Gasteiger partial charge on any atom is -0.369 e. The predicted molar refractivity (Wildman–Crippen MR) is 73.5 cm³/mol. The molecule has 0 bridgehead atoms. The third-order valence-electron chi connectivity index (χ3n) is 2.96. The lowest BCUT2D eigenvalue weighted by Gasteiger charge is -2.35. The molecule has 0 saturated carbocycles. The maximum absolute atomic E-state index is 5.75. The highest BCUT2D eigenvalue weighted by Crippen LogP contribution is 2.19. The van der Waals surface area contributed by atoms with Crippen molar-refractivity contribution in [2.45, 2.75) is 0 Å². The molecule has 1 aromatic rings. The van der Waals surface area contributed by atoms with Crippen molar-refractivity contribution in [2.24, 2.45) is 0 Å². The zero-order valence-corrected chi connectivity index (χ0v) is 11.5. The number of halogens is 2. The van der Waals surface area contributed by atoms with Crippen LogP contribution in [0.2, 0.25) is 0 Å². The summed E-state index contributed by atoms with van der Waals surface area (Å²) in [6, 6.07) is 8.53. The Morgan fingerprint density at radius 2 is 1.69 bits per heavy atom. The molecule has 0 radical (unpaired) electrons. The summed E-state index contributed by atoms with van der Waals surface area (Å²) in [5, 5.41) is 0. The summed E-state index contributed by atoms with van der Waals surface area (Å²) >= 11 is 9.20. The van der Waals surface area contributed by atoms with Gasteiger partial charge in [-0.3, -0.25) is 4.90 Å². The third kappa shape index (κ3) is 3.12. The lowest BCUT2D eigenvalue weighted by molar-refractivity contribution is 0.272. The monoisotopic (exact) mass is 302 g/mol. The normalized spacial score (nSPS) is 17.8. The van der Waals surface area contributed by atoms with Crippen LogP contribution >= 0.6 is 27.5 Å². The molecule has 2 rings (SSSR count). The van der Waals surface area contributed by atoms with Gasteiger partial charge in [0.2, 0.25) is 0 Å². The van der Waals surface area contributed by atoms with E-state index in [1.165, 1.54) is 5.69 Å². The van der Waals surface area contributed by atoms with Crippen molar-refractivity contribution >= 4 is 33.2 Å². The second-order valence-corrected chi connectivity index (χ2v) is 5.29. The summed E-state index contributed by atoms with van der Waals surface area (Å²) in [7, 11) is 0. The number of piperazine rings is 1. The van der Waals surface area contributed by atoms with Crippen LogP contribution in [-0.4, -0.2) is 43.5 Å². The number of benzene rings is 1. The van der Waals surface area contributed by atoms with Gasteiger partial charge in [-0.1, -0.05) is 15.9 Å². The van der Waals surface area contributed by atoms with Gasteiger partial charge in [-0.15, -0.1) is 11.6 Å². The summed E-state index contributed by atoms with van der Waals surface area (Å²) in [6.07, 6.45) is 0. The Morgan fingerprint density at radius 1 is 1.06 bits per heavy atom. The van der Waals surface area contributed by atoms with Gasteiger partial charge in [0, 0.05) is 48.8 Å². The van der Waals surface area contributed by atoms with Crippen LogP contribution in [-0.2, 0) is 0 Å². The van der Waals surface area contributed by atoms with Crippen molar-refractivity contribution in [2.75, 3.05) is 43.5 Å². The Balaban J connectivity index is 1.91. The first kappa shape index (κ1) is 12.2. The molecule has 0 N–H and O–H groups in total. The van der Waals surface area contributed by atoms with Gasteiger partial charge in [-0.25, -0.2) is 0 Å². The SMILES string of the molecule is ClCCN1CCN(c2ccc(Br)cc2)CC1. The van der Waals surface area contributed by atoms with E-state index in [1.807, 2.05) is 0 Å². The van der Waals surface area contributed by atoms with Crippen molar-refractivity contribution in [1.82, 2.24) is 4.90 Å². The van der Waals surface area contributed by atoms with Gasteiger partial charge in [0.1, 0.15) is 0 Å². The molecule has 4 heteroatoms. The molecule has 1 fully saturated rings. The highest BCUT2D eigenvalue weighted by molar-refractivity contribution is 9.10. The van der Waals surface area contributed by atoms with Crippen LogP contribution < -0.4 is 4.90 Å². The van der Waals surface area contributed by atoms with E-state index >= 15 is 0 Å². The first-order valence-electron chi connectivity index (χ1n) is 5.58. The average Bonchev–Trinajstić information content (AvgIpc) is 2.32. The number of anilines is 1. The summed E-state index contributed by atoms with van der Waals surface area (Å²) in [4.78, 5) is 4.85. The molecule has 0 amide bonds. The molecule has 88 valence electrons. The fourth-order valence-corrected chi connectivity index (χ4v) is 2.50. The Hall–Kier alpha value is -0.250. The maximum atomic E-state index is 5.75. The van der Waals surface area contributed by atoms with E-state index in [9.17, 15) is 0 Å². The summed E-state index contributed by atoms with van der Waals surface area (Å²) in [5.41, 5.74) is 1.31. The molecule has 2 nitrogen and oxygen atoms in total. The third-order valence-corrected chi connectivity index (χ3v) is 3.66. The molecule has 1 aliphatic heterocycles. The number of rotatable bonds is 3. The van der Waals surface area contributed by atoms with Gasteiger partial charge in [0.15, 0.2) is 0 Å². The van der Waals surface area contributed by atoms with Crippen molar-refractivity contribution < 1.29 is 0 Å². The zero-order chi connectivity index (χ0) is 11.4. The molecular formula is C12H16BrClN2. The highest BCUT2D eigenvalue weighted by Gasteiger charge is 2.16. The predicted octanol–water partition coefficient (Wildman–Crippen LogP) is 2.81. The summed E-state index contributed by atoms with van der Waals surface area (Å²) in [6.45, 7) is 5.43. The summed E-state index contributed by atoms with van der Waals surface area (Å²) < 4.78 is 1.14. The van der Waals surface area contributed by atoms with Crippen molar-refractivity contribution in [3.63, 3.8) is 0 Å². The lowest BCUT2D eigenvalue weighted by atomic mass is 10.2. The first-order chi connectivity index (χ1) is 7.79. The number of hydrogen-bond donors (Lipinski definition) is 0. The molecular weight excluding hydrogens is 288 g/mol. The van der Waals surface area contributed by atoms with Gasteiger partial charge in [-0.2, -0.15) is 0 Å². The Kier molecular flexibility index (Phi) is 4.50. The van der Waals surface area contributed by atoms with E-state index in [0.717, 1.165) is 43.1 Å². The second-order valence-electron chi connectivity index (χ2n) is 3.99. The minimum atomic E-state index is 0.734. The Bertz CT molecular complexity index is 320. The standard InChI is InChI=1S/C12H16BrClN2/c13-11-1-3-12(4-2-11)16-9-7-15(6-5-14)8-10-16/h1-4H,5-10H2. The van der Waals surface area contributed by atoms with Gasteiger partial charge in [-0.05, 0) is 24.3 Å². The zero-order valence-electron chi connectivity index (χ0n) is 9.20. The van der Waals surface area contributed by atoms with Crippen LogP contribution in [0, 0.1) is 0 Å². The quantitative estimate of drug-likeness (QED) is 0.792. The molecule has 0 unspecified atom stereocenters. The van der Waals surface area contributed by atoms with E-state index in [1.54, 1.807) is 0 Å². The molecule has 1 saturated heterocycles. The topological polar surface area (TPSA) is 6.48 Å². The van der Waals surface area contributed by atoms with E-state index in [4.69, 9.17) is 11.6 Å². The first-order valence-corrected chi connectivity index (χ1v) is 6.91. The molecule has 0 aromatic heterocycles. The fraction of sp³-hybridized carbons (Fsp3) is 0.500. The van der Waals surface area contributed by atoms with Crippen LogP contribution in [0.15, 0.2) is 28.7 Å². The molecule has 0 spiro atoms. The van der Waals surface area contributed by atoms with Crippen LogP contribution in [0.5, 0.6) is 0 Å². The lowest BCUT2D eigenvalue weighted by Crippen LogP contribution is -2.46. The van der Waals surface area contributed by atoms with E-state index in [-0.39, 0.29) is 0 Å². The number of alkyl halides is 1. The second kappa shape index (κ2) is 5.89.